The van der Waals surface area contributed by atoms with Gasteiger partial charge in [-0.05, 0) is 19.1 Å². The van der Waals surface area contributed by atoms with Gasteiger partial charge in [-0.3, -0.25) is 5.43 Å². The summed E-state index contributed by atoms with van der Waals surface area (Å²) in [5.74, 6) is 0. The Morgan fingerprint density at radius 2 is 2.08 bits per heavy atom. The van der Waals surface area contributed by atoms with Gasteiger partial charge < -0.3 is 0 Å². The molecule has 3 heteroatoms. The van der Waals surface area contributed by atoms with Gasteiger partial charge in [-0.1, -0.05) is 17.7 Å². The number of hydrazone groups is 1. The molecule has 1 N–H and O–H groups in total. The average molecular weight is 159 g/mol. The van der Waals surface area contributed by atoms with Gasteiger partial charge in [-0.15, -0.1) is 0 Å². The van der Waals surface area contributed by atoms with Gasteiger partial charge in [0, 0.05) is 0 Å². The summed E-state index contributed by atoms with van der Waals surface area (Å²) < 4.78 is 0. The number of rotatable bonds is 2. The van der Waals surface area contributed by atoms with Crippen molar-refractivity contribution in [2.75, 3.05) is 5.43 Å². The molecule has 3 nitrogen and oxygen atoms in total. The Hall–Kier alpha value is -1.82. The van der Waals surface area contributed by atoms with Crippen molar-refractivity contribution in [3.63, 3.8) is 0 Å². The first kappa shape index (κ1) is 8.28. The zero-order valence-electron chi connectivity index (χ0n) is 6.78. The van der Waals surface area contributed by atoms with E-state index in [4.69, 9.17) is 5.26 Å². The van der Waals surface area contributed by atoms with Crippen molar-refractivity contribution in [2.45, 2.75) is 6.92 Å². The van der Waals surface area contributed by atoms with Gasteiger partial charge in [0.25, 0.3) is 0 Å². The Labute approximate surface area is 71.3 Å². The first-order valence-electron chi connectivity index (χ1n) is 3.57. The molecule has 1 rings (SSSR count). The quantitative estimate of drug-likeness (QED) is 0.529. The number of aryl methyl sites for hydroxylation is 1. The maximum atomic E-state index is 8.15. The standard InChI is InChI=1S/C9H9N3/c1-8-2-4-9(5-3-8)12-11-7-6-10/h2-5,7,12H,1H3/b11-7+. The first-order valence-corrected chi connectivity index (χ1v) is 3.57. The highest BCUT2D eigenvalue weighted by atomic mass is 15.3. The van der Waals surface area contributed by atoms with Gasteiger partial charge in [0.1, 0.15) is 12.3 Å². The highest BCUT2D eigenvalue weighted by Crippen LogP contribution is 2.07. The summed E-state index contributed by atoms with van der Waals surface area (Å²) in [5, 5.41) is 11.8. The molecule has 0 radical (unpaired) electrons. The molecular formula is C9H9N3. The second-order valence-electron chi connectivity index (χ2n) is 2.37. The summed E-state index contributed by atoms with van der Waals surface area (Å²) in [7, 11) is 0. The van der Waals surface area contributed by atoms with Crippen LogP contribution >= 0.6 is 0 Å². The van der Waals surface area contributed by atoms with E-state index in [0.29, 0.717) is 0 Å². The van der Waals surface area contributed by atoms with Gasteiger partial charge in [0.15, 0.2) is 0 Å². The molecule has 1 aromatic rings. The van der Waals surface area contributed by atoms with Crippen LogP contribution in [0.25, 0.3) is 0 Å². The average Bonchev–Trinajstić information content (AvgIpc) is 2.09. The molecule has 0 aliphatic heterocycles. The van der Waals surface area contributed by atoms with Crippen LogP contribution < -0.4 is 5.43 Å². The summed E-state index contributed by atoms with van der Waals surface area (Å²) in [4.78, 5) is 0. The molecule has 0 aliphatic rings. The fourth-order valence-electron chi connectivity index (χ4n) is 0.764. The van der Waals surface area contributed by atoms with Crippen LogP contribution in [0.2, 0.25) is 0 Å². The van der Waals surface area contributed by atoms with E-state index in [-0.39, 0.29) is 0 Å². The van der Waals surface area contributed by atoms with Gasteiger partial charge in [-0.25, -0.2) is 0 Å². The van der Waals surface area contributed by atoms with Gasteiger partial charge >= 0.3 is 0 Å². The van der Waals surface area contributed by atoms with Gasteiger partial charge in [0.05, 0.1) is 5.69 Å². The SMILES string of the molecule is Cc1ccc(N/N=C/C#N)cc1. The van der Waals surface area contributed by atoms with E-state index in [1.807, 2.05) is 31.2 Å². The van der Waals surface area contributed by atoms with Gasteiger partial charge in [0.2, 0.25) is 0 Å². The van der Waals surface area contributed by atoms with E-state index in [1.54, 1.807) is 6.07 Å². The maximum Gasteiger partial charge on any atom is 0.124 e. The van der Waals surface area contributed by atoms with Gasteiger partial charge in [-0.2, -0.15) is 10.4 Å². The van der Waals surface area contributed by atoms with E-state index in [1.165, 1.54) is 5.56 Å². The van der Waals surface area contributed by atoms with Crippen molar-refractivity contribution in [2.24, 2.45) is 5.10 Å². The molecule has 0 bridgehead atoms. The first-order chi connectivity index (χ1) is 5.83. The Balaban J connectivity index is 2.60. The number of nitrogens with one attached hydrogen (secondary N) is 1. The molecule has 0 saturated carbocycles. The Kier molecular flexibility index (Phi) is 2.86. The number of nitrogens with zero attached hydrogens (tertiary/aromatic N) is 2. The van der Waals surface area contributed by atoms with Crippen molar-refractivity contribution < 1.29 is 0 Å². The van der Waals surface area contributed by atoms with Crippen molar-refractivity contribution >= 4 is 11.9 Å². The van der Waals surface area contributed by atoms with E-state index < -0.39 is 0 Å². The maximum absolute atomic E-state index is 8.15. The largest absolute Gasteiger partial charge is 0.278 e. The Bertz CT molecular complexity index is 306. The lowest BCUT2D eigenvalue weighted by atomic mass is 10.2. The minimum Gasteiger partial charge on any atom is -0.278 e. The van der Waals surface area contributed by atoms with E-state index in [9.17, 15) is 0 Å². The minimum atomic E-state index is 0.882. The van der Waals surface area contributed by atoms with Crippen LogP contribution in [0.4, 0.5) is 5.69 Å². The lowest BCUT2D eigenvalue weighted by Gasteiger charge is -1.98. The predicted molar refractivity (Wildman–Crippen MR) is 48.9 cm³/mol. The van der Waals surface area contributed by atoms with Crippen LogP contribution in [0.5, 0.6) is 0 Å². The zero-order valence-corrected chi connectivity index (χ0v) is 6.78. The molecule has 0 unspecified atom stereocenters. The molecule has 0 aliphatic carbocycles. The summed E-state index contributed by atoms with van der Waals surface area (Å²) in [5.41, 5.74) is 4.80. The number of hydrogen-bond donors (Lipinski definition) is 1. The Morgan fingerprint density at radius 3 is 2.67 bits per heavy atom. The smallest absolute Gasteiger partial charge is 0.124 e. The fraction of sp³-hybridized carbons (Fsp3) is 0.111. The van der Waals surface area contributed by atoms with E-state index in [0.717, 1.165) is 11.9 Å². The summed E-state index contributed by atoms with van der Waals surface area (Å²) in [6.45, 7) is 2.02. The highest BCUT2D eigenvalue weighted by Gasteiger charge is 1.86. The third-order valence-corrected chi connectivity index (χ3v) is 1.37. The van der Waals surface area contributed by atoms with Crippen molar-refractivity contribution in [1.29, 1.82) is 5.26 Å². The molecular weight excluding hydrogens is 150 g/mol. The summed E-state index contributed by atoms with van der Waals surface area (Å²) >= 11 is 0. The van der Waals surface area contributed by atoms with Crippen LogP contribution in [0.15, 0.2) is 29.4 Å². The second kappa shape index (κ2) is 4.14. The molecule has 0 heterocycles. The fourth-order valence-corrected chi connectivity index (χ4v) is 0.764. The molecule has 60 valence electrons. The third-order valence-electron chi connectivity index (χ3n) is 1.37. The number of nitriles is 1. The van der Waals surface area contributed by atoms with E-state index in [2.05, 4.69) is 10.5 Å². The van der Waals surface area contributed by atoms with Crippen LogP contribution in [0.1, 0.15) is 5.56 Å². The Morgan fingerprint density at radius 1 is 1.42 bits per heavy atom. The lowest BCUT2D eigenvalue weighted by Crippen LogP contribution is -1.87. The normalized spacial score (nSPS) is 9.67. The molecule has 0 spiro atoms. The van der Waals surface area contributed by atoms with Crippen molar-refractivity contribution in [3.05, 3.63) is 29.8 Å². The highest BCUT2D eigenvalue weighted by molar-refractivity contribution is 5.75. The van der Waals surface area contributed by atoms with E-state index >= 15 is 0 Å². The van der Waals surface area contributed by atoms with Crippen LogP contribution in [-0.2, 0) is 0 Å². The summed E-state index contributed by atoms with van der Waals surface area (Å²) in [6, 6.07) is 9.56. The van der Waals surface area contributed by atoms with Crippen molar-refractivity contribution in [3.8, 4) is 6.07 Å². The zero-order chi connectivity index (χ0) is 8.81. The minimum absolute atomic E-state index is 0.882. The molecule has 0 atom stereocenters. The lowest BCUT2D eigenvalue weighted by molar-refractivity contribution is 1.34. The van der Waals surface area contributed by atoms with Crippen LogP contribution in [-0.4, -0.2) is 6.21 Å². The van der Waals surface area contributed by atoms with Crippen LogP contribution in [0, 0.1) is 18.3 Å². The van der Waals surface area contributed by atoms with Crippen molar-refractivity contribution in [1.82, 2.24) is 0 Å². The second-order valence-corrected chi connectivity index (χ2v) is 2.37. The summed E-state index contributed by atoms with van der Waals surface area (Å²) in [6.07, 6.45) is 1.15. The molecule has 0 saturated heterocycles. The van der Waals surface area contributed by atoms with Crippen LogP contribution in [0.3, 0.4) is 0 Å². The topological polar surface area (TPSA) is 48.2 Å². The molecule has 0 aromatic heterocycles. The monoisotopic (exact) mass is 159 g/mol. The predicted octanol–water partition coefficient (Wildman–Crippen LogP) is 1.92. The molecule has 1 aromatic carbocycles. The molecule has 0 fully saturated rings. The number of anilines is 1. The number of hydrogen-bond acceptors (Lipinski definition) is 3. The molecule has 12 heavy (non-hydrogen) atoms. The molecule has 0 amide bonds. The third kappa shape index (κ3) is 2.43. The number of benzene rings is 1.